The minimum atomic E-state index is -0.626. The maximum absolute atomic E-state index is 11.4. The summed E-state index contributed by atoms with van der Waals surface area (Å²) >= 11 is 4.23. The van der Waals surface area contributed by atoms with Crippen LogP contribution in [0.5, 0.6) is 0 Å². The molecule has 1 atom stereocenters. The van der Waals surface area contributed by atoms with Gasteiger partial charge in [0.1, 0.15) is 11.5 Å². The maximum Gasteiger partial charge on any atom is 0.273 e. The van der Waals surface area contributed by atoms with Crippen LogP contribution >= 0.6 is 12.6 Å². The van der Waals surface area contributed by atoms with Gasteiger partial charge in [-0.15, -0.1) is 12.6 Å². The molecule has 0 fully saturated rings. The Morgan fingerprint density at radius 1 is 1.44 bits per heavy atom. The number of benzene rings is 1. The van der Waals surface area contributed by atoms with Gasteiger partial charge in [0, 0.05) is 5.69 Å². The van der Waals surface area contributed by atoms with Gasteiger partial charge in [0.15, 0.2) is 5.50 Å². The second kappa shape index (κ2) is 4.50. The molecule has 1 amide bonds. The average Bonchev–Trinajstić information content (AvgIpc) is 2.36. The molecule has 0 spiro atoms. The minimum Gasteiger partial charge on any atom is -0.391 e. The molecule has 0 aromatic heterocycles. The summed E-state index contributed by atoms with van der Waals surface area (Å²) in [7, 11) is 0. The molecule has 7 heteroatoms. The second-order valence-electron chi connectivity index (χ2n) is 3.68. The van der Waals surface area contributed by atoms with E-state index in [2.05, 4.69) is 17.9 Å². The lowest BCUT2D eigenvalue weighted by Gasteiger charge is -2.35. The summed E-state index contributed by atoms with van der Waals surface area (Å²) in [4.78, 5) is 13.0. The fourth-order valence-electron chi connectivity index (χ4n) is 1.64. The van der Waals surface area contributed by atoms with Crippen molar-refractivity contribution in [2.24, 2.45) is 11.5 Å². The highest BCUT2D eigenvalue weighted by Crippen LogP contribution is 2.25. The van der Waals surface area contributed by atoms with Crippen LogP contribution in [0.15, 0.2) is 35.8 Å². The van der Waals surface area contributed by atoms with Gasteiger partial charge in [0.2, 0.25) is 0 Å². The van der Waals surface area contributed by atoms with Crippen molar-refractivity contribution in [3.05, 3.63) is 41.3 Å². The largest absolute Gasteiger partial charge is 0.391 e. The molecule has 0 radical (unpaired) electrons. The summed E-state index contributed by atoms with van der Waals surface area (Å²) in [5.41, 5.74) is 11.8. The van der Waals surface area contributed by atoms with Crippen LogP contribution in [0.1, 0.15) is 5.56 Å². The van der Waals surface area contributed by atoms with Gasteiger partial charge >= 0.3 is 0 Å². The number of thiol groups is 1. The maximum atomic E-state index is 11.4. The van der Waals surface area contributed by atoms with Gasteiger partial charge in [-0.25, -0.2) is 0 Å². The molecule has 1 aromatic carbocycles. The first-order valence-electron chi connectivity index (χ1n) is 5.08. The Bertz CT molecular complexity index is 577. The summed E-state index contributed by atoms with van der Waals surface area (Å²) in [6.07, 6.45) is 0. The summed E-state index contributed by atoms with van der Waals surface area (Å²) in [5, 5.41) is 11.4. The Morgan fingerprint density at radius 3 is 2.83 bits per heavy atom. The van der Waals surface area contributed by atoms with Gasteiger partial charge in [0.25, 0.3) is 5.91 Å². The Hall–Kier alpha value is -2.33. The van der Waals surface area contributed by atoms with E-state index in [1.807, 2.05) is 6.07 Å². The number of nitrogens with one attached hydrogen (secondary N) is 1. The molecule has 2 rings (SSSR count). The Balaban J connectivity index is 2.49. The van der Waals surface area contributed by atoms with Gasteiger partial charge in [0.05, 0.1) is 11.6 Å². The second-order valence-corrected chi connectivity index (χ2v) is 4.17. The number of amides is 1. The highest BCUT2D eigenvalue weighted by molar-refractivity contribution is 7.81. The van der Waals surface area contributed by atoms with Gasteiger partial charge in [-0.3, -0.25) is 9.69 Å². The third-order valence-electron chi connectivity index (χ3n) is 2.54. The first-order valence-corrected chi connectivity index (χ1v) is 5.60. The molecule has 18 heavy (non-hydrogen) atoms. The van der Waals surface area contributed by atoms with E-state index in [0.29, 0.717) is 11.3 Å². The van der Waals surface area contributed by atoms with E-state index in [0.717, 1.165) is 0 Å². The number of rotatable bonds is 1. The van der Waals surface area contributed by atoms with E-state index in [1.54, 1.807) is 29.2 Å². The van der Waals surface area contributed by atoms with Crippen LogP contribution in [0.4, 0.5) is 5.69 Å². The van der Waals surface area contributed by atoms with Crippen molar-refractivity contribution < 1.29 is 4.79 Å². The predicted molar refractivity (Wildman–Crippen MR) is 70.0 cm³/mol. The Kier molecular flexibility index (Phi) is 3.04. The number of hydrogen-bond acceptors (Lipinski definition) is 6. The molecule has 0 aliphatic carbocycles. The van der Waals surface area contributed by atoms with Crippen LogP contribution in [0.2, 0.25) is 0 Å². The van der Waals surface area contributed by atoms with E-state index in [9.17, 15) is 4.79 Å². The zero-order chi connectivity index (χ0) is 13.3. The van der Waals surface area contributed by atoms with Crippen molar-refractivity contribution in [3.8, 4) is 6.07 Å². The van der Waals surface area contributed by atoms with Crippen LogP contribution in [-0.2, 0) is 4.79 Å². The van der Waals surface area contributed by atoms with Gasteiger partial charge in [-0.05, 0) is 18.2 Å². The van der Waals surface area contributed by atoms with E-state index in [-0.39, 0.29) is 11.5 Å². The SMILES string of the molecule is N#Cc1cccc(N2C(N)=C(N)C(=O)NC2S)c1. The van der Waals surface area contributed by atoms with Crippen LogP contribution in [0.3, 0.4) is 0 Å². The molecular formula is C11H11N5OS. The molecular weight excluding hydrogens is 250 g/mol. The van der Waals surface area contributed by atoms with Crippen molar-refractivity contribution >= 4 is 24.2 Å². The first-order chi connectivity index (χ1) is 8.54. The van der Waals surface area contributed by atoms with Crippen molar-refractivity contribution in [2.75, 3.05) is 4.90 Å². The fourth-order valence-corrected chi connectivity index (χ4v) is 2.02. The minimum absolute atomic E-state index is 0.0670. The highest BCUT2D eigenvalue weighted by atomic mass is 32.1. The number of carbonyl (C=O) groups is 1. The molecule has 1 unspecified atom stereocenters. The topological polar surface area (TPSA) is 108 Å². The number of nitriles is 1. The van der Waals surface area contributed by atoms with Crippen molar-refractivity contribution in [1.29, 1.82) is 5.26 Å². The number of carbonyl (C=O) groups excluding carboxylic acids is 1. The number of hydrogen-bond donors (Lipinski definition) is 4. The summed E-state index contributed by atoms with van der Waals surface area (Å²) in [6.45, 7) is 0. The normalized spacial score (nSPS) is 19.4. The molecule has 0 bridgehead atoms. The first kappa shape index (κ1) is 12.1. The van der Waals surface area contributed by atoms with Gasteiger partial charge in [-0.1, -0.05) is 6.07 Å². The zero-order valence-electron chi connectivity index (χ0n) is 9.29. The van der Waals surface area contributed by atoms with E-state index in [1.165, 1.54) is 0 Å². The van der Waals surface area contributed by atoms with Crippen LogP contribution in [-0.4, -0.2) is 11.4 Å². The lowest BCUT2D eigenvalue weighted by molar-refractivity contribution is -0.118. The predicted octanol–water partition coefficient (Wildman–Crippen LogP) is -0.206. The Morgan fingerprint density at radius 2 is 2.17 bits per heavy atom. The van der Waals surface area contributed by atoms with Gasteiger partial charge in [-0.2, -0.15) is 5.26 Å². The summed E-state index contributed by atoms with van der Waals surface area (Å²) in [5.74, 6) is -0.339. The zero-order valence-corrected chi connectivity index (χ0v) is 10.2. The average molecular weight is 261 g/mol. The number of nitrogens with two attached hydrogens (primary N) is 2. The van der Waals surface area contributed by atoms with E-state index >= 15 is 0 Å². The third-order valence-corrected chi connectivity index (χ3v) is 2.90. The molecule has 0 saturated carbocycles. The number of nitrogens with zero attached hydrogens (tertiary/aromatic N) is 2. The van der Waals surface area contributed by atoms with Crippen molar-refractivity contribution in [1.82, 2.24) is 5.32 Å². The van der Waals surface area contributed by atoms with Crippen LogP contribution < -0.4 is 21.7 Å². The number of anilines is 1. The third kappa shape index (κ3) is 1.94. The summed E-state index contributed by atoms with van der Waals surface area (Å²) in [6, 6.07) is 8.81. The fraction of sp³-hybridized carbons (Fsp3) is 0.0909. The van der Waals surface area contributed by atoms with Crippen molar-refractivity contribution in [2.45, 2.75) is 5.50 Å². The molecule has 6 nitrogen and oxygen atoms in total. The lowest BCUT2D eigenvalue weighted by Crippen LogP contribution is -2.53. The van der Waals surface area contributed by atoms with Crippen molar-refractivity contribution in [3.63, 3.8) is 0 Å². The molecule has 1 heterocycles. The molecule has 1 aliphatic heterocycles. The highest BCUT2D eigenvalue weighted by Gasteiger charge is 2.29. The standard InChI is InChI=1S/C11H11N5OS/c12-5-6-2-1-3-7(4-6)16-9(14)8(13)10(17)15-11(16)18/h1-4,11,18H,13-14H2,(H,15,17). The van der Waals surface area contributed by atoms with E-state index in [4.69, 9.17) is 16.7 Å². The van der Waals surface area contributed by atoms with Gasteiger partial charge < -0.3 is 16.8 Å². The molecule has 1 aliphatic rings. The lowest BCUT2D eigenvalue weighted by atomic mass is 10.2. The van der Waals surface area contributed by atoms with E-state index < -0.39 is 11.4 Å². The molecule has 1 aromatic rings. The van der Waals surface area contributed by atoms with Crippen LogP contribution in [0.25, 0.3) is 0 Å². The molecule has 0 saturated heterocycles. The Labute approximate surface area is 109 Å². The summed E-state index contributed by atoms with van der Waals surface area (Å²) < 4.78 is 0. The smallest absolute Gasteiger partial charge is 0.273 e. The van der Waals surface area contributed by atoms with Crippen LogP contribution in [0, 0.1) is 11.3 Å². The molecule has 5 N–H and O–H groups in total. The molecule has 92 valence electrons. The monoisotopic (exact) mass is 261 g/mol. The quantitative estimate of drug-likeness (QED) is 0.523.